The van der Waals surface area contributed by atoms with Gasteiger partial charge in [-0.15, -0.1) is 0 Å². The second-order valence-corrected chi connectivity index (χ2v) is 7.09. The summed E-state index contributed by atoms with van der Waals surface area (Å²) in [5, 5.41) is 7.80. The maximum Gasteiger partial charge on any atom is 0.126 e. The molecule has 0 fully saturated rings. The van der Waals surface area contributed by atoms with E-state index >= 15 is 0 Å². The van der Waals surface area contributed by atoms with Gasteiger partial charge in [0, 0.05) is 22.5 Å². The van der Waals surface area contributed by atoms with Crippen molar-refractivity contribution in [2.45, 2.75) is 26.2 Å². The van der Waals surface area contributed by atoms with E-state index in [2.05, 4.69) is 52.8 Å². The molecule has 1 heterocycles. The molecule has 0 spiro atoms. The molecule has 0 saturated heterocycles. The standard InChI is InChI=1S/C25H25N3O/c1-3-4-7-18-10-12-23-22(16-18)24(14-15-26-23)28-27-17-19-11-13-25(29-2)21-9-6-5-8-20(19)21/h5-6,8-17H,3-4,7H2,1-2H3,(H,26,28)/b27-17+. The van der Waals surface area contributed by atoms with Gasteiger partial charge in [0.15, 0.2) is 0 Å². The molecule has 4 rings (SSSR count). The highest BCUT2D eigenvalue weighted by molar-refractivity contribution is 6.02. The summed E-state index contributed by atoms with van der Waals surface area (Å²) in [4.78, 5) is 4.48. The van der Waals surface area contributed by atoms with Crippen LogP contribution in [0.4, 0.5) is 5.69 Å². The van der Waals surface area contributed by atoms with E-state index < -0.39 is 0 Å². The van der Waals surface area contributed by atoms with Crippen LogP contribution < -0.4 is 10.2 Å². The van der Waals surface area contributed by atoms with E-state index in [4.69, 9.17) is 4.74 Å². The molecule has 0 aliphatic rings. The second kappa shape index (κ2) is 8.74. The first-order valence-corrected chi connectivity index (χ1v) is 10.0. The summed E-state index contributed by atoms with van der Waals surface area (Å²) in [6.07, 6.45) is 7.14. The molecule has 1 aromatic heterocycles. The minimum atomic E-state index is 0.866. The van der Waals surface area contributed by atoms with Gasteiger partial charge in [0.25, 0.3) is 0 Å². The van der Waals surface area contributed by atoms with Gasteiger partial charge in [-0.1, -0.05) is 43.7 Å². The maximum absolute atomic E-state index is 5.48. The van der Waals surface area contributed by atoms with E-state index in [0.717, 1.165) is 45.1 Å². The number of ether oxygens (including phenoxy) is 1. The molecule has 0 bridgehead atoms. The SMILES string of the molecule is CCCCc1ccc2nccc(N/N=C/c3ccc(OC)c4ccccc34)c2c1. The lowest BCUT2D eigenvalue weighted by molar-refractivity contribution is 0.420. The molecule has 1 N–H and O–H groups in total. The van der Waals surface area contributed by atoms with Crippen LogP contribution in [0.3, 0.4) is 0 Å². The highest BCUT2D eigenvalue weighted by Gasteiger charge is 2.05. The number of hydrazone groups is 1. The molecule has 0 unspecified atom stereocenters. The molecule has 0 atom stereocenters. The number of anilines is 1. The van der Waals surface area contributed by atoms with E-state index in [0.29, 0.717) is 0 Å². The number of fused-ring (bicyclic) bond motifs is 2. The number of hydrogen-bond acceptors (Lipinski definition) is 4. The number of aryl methyl sites for hydroxylation is 1. The molecule has 146 valence electrons. The molecule has 0 amide bonds. The fraction of sp³-hybridized carbons (Fsp3) is 0.200. The van der Waals surface area contributed by atoms with Gasteiger partial charge in [0.1, 0.15) is 5.75 Å². The quantitative estimate of drug-likeness (QED) is 0.306. The van der Waals surface area contributed by atoms with Crippen molar-refractivity contribution in [2.24, 2.45) is 5.10 Å². The normalized spacial score (nSPS) is 11.4. The summed E-state index contributed by atoms with van der Waals surface area (Å²) >= 11 is 0. The molecular formula is C25H25N3O. The number of methoxy groups -OCH3 is 1. The number of benzene rings is 3. The highest BCUT2D eigenvalue weighted by Crippen LogP contribution is 2.28. The molecule has 0 radical (unpaired) electrons. The summed E-state index contributed by atoms with van der Waals surface area (Å²) in [7, 11) is 1.69. The van der Waals surface area contributed by atoms with Crippen LogP contribution in [0.5, 0.6) is 5.75 Å². The van der Waals surface area contributed by atoms with Gasteiger partial charge in [0.05, 0.1) is 24.5 Å². The molecule has 0 aliphatic heterocycles. The third-order valence-corrected chi connectivity index (χ3v) is 5.15. The first-order chi connectivity index (χ1) is 14.3. The van der Waals surface area contributed by atoms with E-state index in [-0.39, 0.29) is 0 Å². The molecule has 4 nitrogen and oxygen atoms in total. The van der Waals surface area contributed by atoms with Crippen molar-refractivity contribution in [1.29, 1.82) is 0 Å². The Kier molecular flexibility index (Phi) is 5.71. The molecule has 4 heteroatoms. The van der Waals surface area contributed by atoms with Crippen LogP contribution in [0.25, 0.3) is 21.7 Å². The summed E-state index contributed by atoms with van der Waals surface area (Å²) in [5.41, 5.74) is 7.52. The van der Waals surface area contributed by atoms with E-state index in [1.165, 1.54) is 18.4 Å². The minimum Gasteiger partial charge on any atom is -0.496 e. The van der Waals surface area contributed by atoms with Gasteiger partial charge in [-0.25, -0.2) is 0 Å². The van der Waals surface area contributed by atoms with Gasteiger partial charge in [-0.3, -0.25) is 10.4 Å². The van der Waals surface area contributed by atoms with Crippen LogP contribution in [-0.4, -0.2) is 18.3 Å². The number of nitrogens with zero attached hydrogens (tertiary/aromatic N) is 2. The lowest BCUT2D eigenvalue weighted by Crippen LogP contribution is -1.95. The Morgan fingerprint density at radius 3 is 2.69 bits per heavy atom. The third-order valence-electron chi connectivity index (χ3n) is 5.15. The lowest BCUT2D eigenvalue weighted by atomic mass is 10.0. The fourth-order valence-corrected chi connectivity index (χ4v) is 3.58. The number of rotatable bonds is 7. The Morgan fingerprint density at radius 1 is 1.00 bits per heavy atom. The summed E-state index contributed by atoms with van der Waals surface area (Å²) in [6, 6.07) is 20.6. The van der Waals surface area contributed by atoms with Gasteiger partial charge in [0.2, 0.25) is 0 Å². The molecule has 4 aromatic rings. The van der Waals surface area contributed by atoms with Crippen LogP contribution in [0, 0.1) is 0 Å². The number of unbranched alkanes of at least 4 members (excludes halogenated alkanes) is 1. The summed E-state index contributed by atoms with van der Waals surface area (Å²) in [5.74, 6) is 0.866. The van der Waals surface area contributed by atoms with Crippen molar-refractivity contribution in [3.63, 3.8) is 0 Å². The fourth-order valence-electron chi connectivity index (χ4n) is 3.58. The van der Waals surface area contributed by atoms with E-state index in [1.807, 2.05) is 42.7 Å². The number of pyridine rings is 1. The Bertz CT molecular complexity index is 1170. The molecule has 29 heavy (non-hydrogen) atoms. The average Bonchev–Trinajstić information content (AvgIpc) is 2.78. The zero-order chi connectivity index (χ0) is 20.1. The Labute approximate surface area is 171 Å². The van der Waals surface area contributed by atoms with Crippen molar-refractivity contribution in [3.8, 4) is 5.75 Å². The van der Waals surface area contributed by atoms with Crippen LogP contribution in [0.1, 0.15) is 30.9 Å². The Balaban J connectivity index is 1.63. The number of nitrogens with one attached hydrogen (secondary N) is 1. The average molecular weight is 383 g/mol. The zero-order valence-corrected chi connectivity index (χ0v) is 16.9. The molecular weight excluding hydrogens is 358 g/mol. The van der Waals surface area contributed by atoms with Crippen molar-refractivity contribution in [1.82, 2.24) is 4.98 Å². The summed E-state index contributed by atoms with van der Waals surface area (Å²) < 4.78 is 5.48. The van der Waals surface area contributed by atoms with Gasteiger partial charge < -0.3 is 4.74 Å². The van der Waals surface area contributed by atoms with Crippen LogP contribution in [-0.2, 0) is 6.42 Å². The zero-order valence-electron chi connectivity index (χ0n) is 16.9. The van der Waals surface area contributed by atoms with Gasteiger partial charge in [-0.2, -0.15) is 5.10 Å². The van der Waals surface area contributed by atoms with E-state index in [9.17, 15) is 0 Å². The largest absolute Gasteiger partial charge is 0.496 e. The van der Waals surface area contributed by atoms with Crippen molar-refractivity contribution < 1.29 is 4.74 Å². The topological polar surface area (TPSA) is 46.5 Å². The third kappa shape index (κ3) is 4.06. The number of aromatic nitrogens is 1. The smallest absolute Gasteiger partial charge is 0.126 e. The van der Waals surface area contributed by atoms with Gasteiger partial charge >= 0.3 is 0 Å². The first kappa shape index (κ1) is 18.9. The van der Waals surface area contributed by atoms with Crippen LogP contribution >= 0.6 is 0 Å². The van der Waals surface area contributed by atoms with Crippen molar-refractivity contribution >= 4 is 33.6 Å². The Morgan fingerprint density at radius 2 is 1.86 bits per heavy atom. The monoisotopic (exact) mass is 383 g/mol. The van der Waals surface area contributed by atoms with Gasteiger partial charge in [-0.05, 0) is 54.1 Å². The van der Waals surface area contributed by atoms with E-state index in [1.54, 1.807) is 7.11 Å². The predicted octanol–water partition coefficient (Wildman–Crippen LogP) is 6.19. The lowest BCUT2D eigenvalue weighted by Gasteiger charge is -2.09. The van der Waals surface area contributed by atoms with Crippen LogP contribution in [0.2, 0.25) is 0 Å². The highest BCUT2D eigenvalue weighted by atomic mass is 16.5. The van der Waals surface area contributed by atoms with Crippen molar-refractivity contribution in [3.05, 3.63) is 78.0 Å². The maximum atomic E-state index is 5.48. The minimum absolute atomic E-state index is 0.866. The Hall–Kier alpha value is -3.40. The molecule has 0 saturated carbocycles. The van der Waals surface area contributed by atoms with Crippen molar-refractivity contribution in [2.75, 3.05) is 12.5 Å². The molecule has 0 aliphatic carbocycles. The first-order valence-electron chi connectivity index (χ1n) is 10.0. The predicted molar refractivity (Wildman–Crippen MR) is 122 cm³/mol. The summed E-state index contributed by atoms with van der Waals surface area (Å²) in [6.45, 7) is 2.22. The van der Waals surface area contributed by atoms with Crippen LogP contribution in [0.15, 0.2) is 72.0 Å². The molecule has 3 aromatic carbocycles. The second-order valence-electron chi connectivity index (χ2n) is 7.09. The number of hydrogen-bond donors (Lipinski definition) is 1.